The first-order valence-electron chi connectivity index (χ1n) is 9.60. The molecule has 3 heterocycles. The van der Waals surface area contributed by atoms with Gasteiger partial charge in [0, 0.05) is 22.1 Å². The van der Waals surface area contributed by atoms with Crippen molar-refractivity contribution in [3.8, 4) is 27.6 Å². The molecule has 0 unspecified atom stereocenters. The van der Waals surface area contributed by atoms with E-state index in [4.69, 9.17) is 14.2 Å². The smallest absolute Gasteiger partial charge is 0.265 e. The van der Waals surface area contributed by atoms with Crippen molar-refractivity contribution in [1.82, 2.24) is 10.1 Å². The molecule has 6 nitrogen and oxygen atoms in total. The standard InChI is InChI=1S/C23H19N3O3S/c1-14-18(15(2)29-25-14)11-26-20-10-17(8-9-21(20)28-12-22(26)27)19-13-30-23(24-19)16-6-4-3-5-7-16/h3-10,13H,11-12H2,1-2H3. The van der Waals surface area contributed by atoms with Gasteiger partial charge in [0.1, 0.15) is 16.5 Å². The number of ether oxygens (including phenoxy) is 1. The number of thiazole rings is 1. The molecule has 5 rings (SSSR count). The van der Waals surface area contributed by atoms with Gasteiger partial charge >= 0.3 is 0 Å². The lowest BCUT2D eigenvalue weighted by Gasteiger charge is -2.29. The summed E-state index contributed by atoms with van der Waals surface area (Å²) in [6.07, 6.45) is 0. The third kappa shape index (κ3) is 3.27. The van der Waals surface area contributed by atoms with Crippen LogP contribution in [-0.2, 0) is 11.3 Å². The van der Waals surface area contributed by atoms with Gasteiger partial charge in [-0.1, -0.05) is 35.5 Å². The van der Waals surface area contributed by atoms with Crippen molar-refractivity contribution in [2.45, 2.75) is 20.4 Å². The van der Waals surface area contributed by atoms with E-state index in [1.165, 1.54) is 0 Å². The van der Waals surface area contributed by atoms with Crippen molar-refractivity contribution >= 4 is 22.9 Å². The van der Waals surface area contributed by atoms with Crippen molar-refractivity contribution in [2.24, 2.45) is 0 Å². The summed E-state index contributed by atoms with van der Waals surface area (Å²) in [5.41, 5.74) is 5.34. The Balaban J connectivity index is 1.51. The predicted molar refractivity (Wildman–Crippen MR) is 116 cm³/mol. The van der Waals surface area contributed by atoms with Crippen LogP contribution in [0.1, 0.15) is 17.0 Å². The minimum absolute atomic E-state index is 0.0184. The van der Waals surface area contributed by atoms with E-state index in [0.717, 1.165) is 44.5 Å². The first kappa shape index (κ1) is 18.6. The van der Waals surface area contributed by atoms with Crippen molar-refractivity contribution in [3.05, 3.63) is 70.9 Å². The predicted octanol–water partition coefficient (Wildman–Crippen LogP) is 5.01. The van der Waals surface area contributed by atoms with Crippen LogP contribution < -0.4 is 9.64 Å². The van der Waals surface area contributed by atoms with E-state index < -0.39 is 0 Å². The Kier molecular flexibility index (Phi) is 4.59. The summed E-state index contributed by atoms with van der Waals surface area (Å²) in [5.74, 6) is 1.31. The fourth-order valence-corrected chi connectivity index (χ4v) is 4.38. The normalized spacial score (nSPS) is 13.3. The fourth-order valence-electron chi connectivity index (χ4n) is 3.54. The molecule has 0 atom stereocenters. The number of aryl methyl sites for hydroxylation is 2. The van der Waals surface area contributed by atoms with E-state index in [0.29, 0.717) is 12.3 Å². The number of aromatic nitrogens is 2. The fraction of sp³-hybridized carbons (Fsp3) is 0.174. The second-order valence-corrected chi connectivity index (χ2v) is 8.02. The Morgan fingerprint density at radius 1 is 1.10 bits per heavy atom. The Morgan fingerprint density at radius 3 is 2.70 bits per heavy atom. The van der Waals surface area contributed by atoms with Crippen molar-refractivity contribution < 1.29 is 14.1 Å². The third-order valence-corrected chi connectivity index (χ3v) is 6.11. The van der Waals surface area contributed by atoms with Gasteiger partial charge < -0.3 is 14.2 Å². The van der Waals surface area contributed by atoms with Crippen LogP contribution in [0, 0.1) is 13.8 Å². The molecule has 0 saturated heterocycles. The average molecular weight is 417 g/mol. The molecular formula is C23H19N3O3S. The number of fused-ring (bicyclic) bond motifs is 1. The number of rotatable bonds is 4. The summed E-state index contributed by atoms with van der Waals surface area (Å²) in [6.45, 7) is 4.16. The number of carbonyl (C=O) groups is 1. The molecule has 2 aromatic carbocycles. The van der Waals surface area contributed by atoms with Gasteiger partial charge in [0.15, 0.2) is 6.61 Å². The molecule has 0 saturated carbocycles. The number of hydrogen-bond acceptors (Lipinski definition) is 6. The Labute approximate surface area is 177 Å². The maximum absolute atomic E-state index is 12.7. The molecule has 7 heteroatoms. The van der Waals surface area contributed by atoms with Gasteiger partial charge in [-0.2, -0.15) is 0 Å². The summed E-state index contributed by atoms with van der Waals surface area (Å²) < 4.78 is 10.9. The van der Waals surface area contributed by atoms with Crippen molar-refractivity contribution in [1.29, 1.82) is 0 Å². The SMILES string of the molecule is Cc1noc(C)c1CN1C(=O)COc2ccc(-c3csc(-c4ccccc4)n3)cc21. The van der Waals surface area contributed by atoms with E-state index >= 15 is 0 Å². The molecule has 0 bridgehead atoms. The molecule has 4 aromatic rings. The number of benzene rings is 2. The topological polar surface area (TPSA) is 68.5 Å². The lowest BCUT2D eigenvalue weighted by molar-refractivity contribution is -0.121. The Morgan fingerprint density at radius 2 is 1.93 bits per heavy atom. The minimum Gasteiger partial charge on any atom is -0.482 e. The van der Waals surface area contributed by atoms with Crippen LogP contribution in [0.25, 0.3) is 21.8 Å². The maximum atomic E-state index is 12.7. The highest BCUT2D eigenvalue weighted by atomic mass is 32.1. The zero-order chi connectivity index (χ0) is 20.7. The number of nitrogens with zero attached hydrogens (tertiary/aromatic N) is 3. The van der Waals surface area contributed by atoms with Gasteiger partial charge in [0.25, 0.3) is 5.91 Å². The summed E-state index contributed by atoms with van der Waals surface area (Å²) in [4.78, 5) is 19.2. The highest BCUT2D eigenvalue weighted by molar-refractivity contribution is 7.13. The number of anilines is 1. The molecule has 0 spiro atoms. The second-order valence-electron chi connectivity index (χ2n) is 7.16. The van der Waals surface area contributed by atoms with E-state index in [2.05, 4.69) is 5.16 Å². The molecule has 0 aliphatic carbocycles. The highest BCUT2D eigenvalue weighted by Gasteiger charge is 2.28. The van der Waals surface area contributed by atoms with Crippen molar-refractivity contribution in [2.75, 3.05) is 11.5 Å². The Hall–Kier alpha value is -3.45. The molecule has 0 N–H and O–H groups in total. The minimum atomic E-state index is -0.0945. The highest BCUT2D eigenvalue weighted by Crippen LogP contribution is 2.38. The van der Waals surface area contributed by atoms with Crippen LogP contribution in [0.5, 0.6) is 5.75 Å². The van der Waals surface area contributed by atoms with E-state index in [9.17, 15) is 4.79 Å². The molecule has 150 valence electrons. The van der Waals surface area contributed by atoms with Crippen LogP contribution in [-0.4, -0.2) is 22.7 Å². The molecule has 1 aliphatic rings. The van der Waals surface area contributed by atoms with Gasteiger partial charge in [-0.15, -0.1) is 11.3 Å². The van der Waals surface area contributed by atoms with Crippen LogP contribution in [0.15, 0.2) is 58.4 Å². The molecule has 30 heavy (non-hydrogen) atoms. The van der Waals surface area contributed by atoms with Gasteiger partial charge in [-0.05, 0) is 32.0 Å². The van der Waals surface area contributed by atoms with E-state index in [1.54, 1.807) is 16.2 Å². The van der Waals surface area contributed by atoms with Crippen LogP contribution in [0.4, 0.5) is 5.69 Å². The monoisotopic (exact) mass is 417 g/mol. The molecule has 0 fully saturated rings. The largest absolute Gasteiger partial charge is 0.482 e. The zero-order valence-electron chi connectivity index (χ0n) is 16.6. The van der Waals surface area contributed by atoms with E-state index in [-0.39, 0.29) is 12.5 Å². The van der Waals surface area contributed by atoms with Crippen LogP contribution in [0.2, 0.25) is 0 Å². The molecule has 1 amide bonds. The summed E-state index contributed by atoms with van der Waals surface area (Å²) in [5, 5.41) is 7.00. The molecular weight excluding hydrogens is 398 g/mol. The summed E-state index contributed by atoms with van der Waals surface area (Å²) in [6, 6.07) is 15.9. The van der Waals surface area contributed by atoms with Gasteiger partial charge in [-0.25, -0.2) is 4.98 Å². The summed E-state index contributed by atoms with van der Waals surface area (Å²) in [7, 11) is 0. The van der Waals surface area contributed by atoms with Gasteiger partial charge in [-0.3, -0.25) is 4.79 Å². The Bertz CT molecular complexity index is 1210. The second kappa shape index (κ2) is 7.42. The quantitative estimate of drug-likeness (QED) is 0.467. The summed E-state index contributed by atoms with van der Waals surface area (Å²) >= 11 is 1.60. The first-order chi connectivity index (χ1) is 14.6. The number of carbonyl (C=O) groups excluding carboxylic acids is 1. The van der Waals surface area contributed by atoms with Gasteiger partial charge in [0.2, 0.25) is 0 Å². The maximum Gasteiger partial charge on any atom is 0.265 e. The molecule has 2 aromatic heterocycles. The lowest BCUT2D eigenvalue weighted by atomic mass is 10.1. The van der Waals surface area contributed by atoms with Crippen molar-refractivity contribution in [3.63, 3.8) is 0 Å². The van der Waals surface area contributed by atoms with E-state index in [1.807, 2.05) is 67.8 Å². The third-order valence-electron chi connectivity index (χ3n) is 5.22. The number of hydrogen-bond donors (Lipinski definition) is 0. The molecule has 1 aliphatic heterocycles. The van der Waals surface area contributed by atoms with Gasteiger partial charge in [0.05, 0.1) is 23.6 Å². The molecule has 0 radical (unpaired) electrons. The first-order valence-corrected chi connectivity index (χ1v) is 10.5. The van der Waals surface area contributed by atoms with Crippen LogP contribution in [0.3, 0.4) is 0 Å². The lowest BCUT2D eigenvalue weighted by Crippen LogP contribution is -2.38. The zero-order valence-corrected chi connectivity index (χ0v) is 17.4. The number of amides is 1. The average Bonchev–Trinajstić information content (AvgIpc) is 3.38. The van der Waals surface area contributed by atoms with Crippen LogP contribution >= 0.6 is 11.3 Å².